The zero-order chi connectivity index (χ0) is 17.1. The monoisotopic (exact) mass is 346 g/mol. The summed E-state index contributed by atoms with van der Waals surface area (Å²) in [5.74, 6) is 0.296. The fourth-order valence-electron chi connectivity index (χ4n) is 2.84. The van der Waals surface area contributed by atoms with E-state index in [-0.39, 0.29) is 18.2 Å². The topological polar surface area (TPSA) is 67.2 Å². The first-order chi connectivity index (χ1) is 11.5. The minimum atomic E-state index is -0.518. The Kier molecular flexibility index (Phi) is 4.85. The Morgan fingerprint density at radius 2 is 2.17 bits per heavy atom. The fourth-order valence-corrected chi connectivity index (χ4v) is 3.05. The number of hydrogen-bond donors (Lipinski definition) is 1. The normalized spacial score (nSPS) is 17.8. The SMILES string of the molecule is Cn1ccc(N2CCC[C@@H](NC(=O)Cc3ccccc3Cl)C2=O)n1. The summed E-state index contributed by atoms with van der Waals surface area (Å²) in [5.41, 5.74) is 0.751. The van der Waals surface area contributed by atoms with Gasteiger partial charge in [-0.25, -0.2) is 0 Å². The molecule has 1 N–H and O–H groups in total. The molecule has 2 aromatic rings. The van der Waals surface area contributed by atoms with Crippen molar-refractivity contribution >= 4 is 29.2 Å². The van der Waals surface area contributed by atoms with E-state index in [4.69, 9.17) is 11.6 Å². The van der Waals surface area contributed by atoms with Crippen LogP contribution < -0.4 is 10.2 Å². The smallest absolute Gasteiger partial charge is 0.250 e. The Labute approximate surface area is 145 Å². The predicted octanol–water partition coefficient (Wildman–Crippen LogP) is 1.93. The van der Waals surface area contributed by atoms with Crippen LogP contribution in [0, 0.1) is 0 Å². The third-order valence-corrected chi connectivity index (χ3v) is 4.43. The number of carbonyl (C=O) groups is 2. The van der Waals surface area contributed by atoms with E-state index in [2.05, 4.69) is 10.4 Å². The van der Waals surface area contributed by atoms with Crippen molar-refractivity contribution < 1.29 is 9.59 Å². The minimum Gasteiger partial charge on any atom is -0.344 e. The molecule has 24 heavy (non-hydrogen) atoms. The number of amides is 2. The van der Waals surface area contributed by atoms with E-state index in [0.29, 0.717) is 23.8 Å². The molecule has 7 heteroatoms. The van der Waals surface area contributed by atoms with Crippen molar-refractivity contribution in [3.05, 3.63) is 47.1 Å². The second-order valence-corrected chi connectivity index (χ2v) is 6.28. The van der Waals surface area contributed by atoms with Crippen LogP contribution in [-0.4, -0.2) is 34.2 Å². The van der Waals surface area contributed by atoms with E-state index in [0.717, 1.165) is 12.0 Å². The lowest BCUT2D eigenvalue weighted by molar-refractivity contribution is -0.128. The quantitative estimate of drug-likeness (QED) is 0.919. The summed E-state index contributed by atoms with van der Waals surface area (Å²) < 4.78 is 1.65. The van der Waals surface area contributed by atoms with Crippen LogP contribution in [-0.2, 0) is 23.1 Å². The Morgan fingerprint density at radius 3 is 2.88 bits per heavy atom. The molecule has 3 rings (SSSR count). The van der Waals surface area contributed by atoms with Gasteiger partial charge in [0.25, 0.3) is 5.91 Å². The number of nitrogens with zero attached hydrogens (tertiary/aromatic N) is 3. The summed E-state index contributed by atoms with van der Waals surface area (Å²) in [4.78, 5) is 26.5. The number of halogens is 1. The zero-order valence-electron chi connectivity index (χ0n) is 13.4. The van der Waals surface area contributed by atoms with Gasteiger partial charge in [0, 0.05) is 30.9 Å². The Bertz CT molecular complexity index is 759. The summed E-state index contributed by atoms with van der Waals surface area (Å²) in [6.07, 6.45) is 3.41. The molecule has 126 valence electrons. The molecule has 1 aliphatic heterocycles. The summed E-state index contributed by atoms with van der Waals surface area (Å²) >= 11 is 6.08. The molecule has 0 saturated carbocycles. The summed E-state index contributed by atoms with van der Waals surface area (Å²) in [5, 5.41) is 7.65. The van der Waals surface area contributed by atoms with Crippen molar-refractivity contribution in [2.75, 3.05) is 11.4 Å². The molecule has 0 radical (unpaired) electrons. The van der Waals surface area contributed by atoms with Gasteiger partial charge >= 0.3 is 0 Å². The van der Waals surface area contributed by atoms with Crippen LogP contribution in [0.15, 0.2) is 36.5 Å². The maximum atomic E-state index is 12.6. The number of nitrogens with one attached hydrogen (secondary N) is 1. The van der Waals surface area contributed by atoms with Crippen LogP contribution in [0.2, 0.25) is 5.02 Å². The van der Waals surface area contributed by atoms with Crippen molar-refractivity contribution in [2.24, 2.45) is 7.05 Å². The van der Waals surface area contributed by atoms with Gasteiger partial charge in [-0.1, -0.05) is 29.8 Å². The van der Waals surface area contributed by atoms with E-state index in [1.165, 1.54) is 0 Å². The number of carbonyl (C=O) groups excluding carboxylic acids is 2. The van der Waals surface area contributed by atoms with Crippen molar-refractivity contribution in [1.29, 1.82) is 0 Å². The van der Waals surface area contributed by atoms with Crippen LogP contribution in [0.4, 0.5) is 5.82 Å². The highest BCUT2D eigenvalue weighted by Crippen LogP contribution is 2.20. The number of piperidine rings is 1. The van der Waals surface area contributed by atoms with Crippen LogP contribution >= 0.6 is 11.6 Å². The molecule has 1 saturated heterocycles. The number of anilines is 1. The first-order valence-electron chi connectivity index (χ1n) is 7.88. The van der Waals surface area contributed by atoms with Gasteiger partial charge in [0.2, 0.25) is 5.91 Å². The van der Waals surface area contributed by atoms with Crippen LogP contribution in [0.1, 0.15) is 18.4 Å². The van der Waals surface area contributed by atoms with Gasteiger partial charge in [-0.15, -0.1) is 0 Å². The van der Waals surface area contributed by atoms with Crippen LogP contribution in [0.3, 0.4) is 0 Å². The maximum absolute atomic E-state index is 12.6. The maximum Gasteiger partial charge on any atom is 0.250 e. The molecule has 2 amide bonds. The van der Waals surface area contributed by atoms with Crippen LogP contribution in [0.25, 0.3) is 0 Å². The molecule has 1 aliphatic rings. The van der Waals surface area contributed by atoms with Crippen molar-refractivity contribution in [2.45, 2.75) is 25.3 Å². The lowest BCUT2D eigenvalue weighted by atomic mass is 10.0. The molecule has 0 aliphatic carbocycles. The third kappa shape index (κ3) is 3.59. The number of benzene rings is 1. The number of aryl methyl sites for hydroxylation is 1. The van der Waals surface area contributed by atoms with Crippen molar-refractivity contribution in [1.82, 2.24) is 15.1 Å². The number of hydrogen-bond acceptors (Lipinski definition) is 3. The van der Waals surface area contributed by atoms with E-state index >= 15 is 0 Å². The molecule has 1 fully saturated rings. The fraction of sp³-hybridized carbons (Fsp3) is 0.353. The van der Waals surface area contributed by atoms with E-state index in [1.54, 1.807) is 35.0 Å². The highest BCUT2D eigenvalue weighted by Gasteiger charge is 2.31. The lowest BCUT2D eigenvalue weighted by Crippen LogP contribution is -2.52. The first kappa shape index (κ1) is 16.5. The zero-order valence-corrected chi connectivity index (χ0v) is 14.2. The molecule has 1 atom stereocenters. The van der Waals surface area contributed by atoms with Crippen molar-refractivity contribution in [3.63, 3.8) is 0 Å². The molecule has 0 unspecified atom stereocenters. The largest absolute Gasteiger partial charge is 0.344 e. The van der Waals surface area contributed by atoms with E-state index < -0.39 is 6.04 Å². The standard InChI is InChI=1S/C17H19ClN4O2/c1-21-10-8-15(20-21)22-9-4-7-14(17(22)24)19-16(23)11-12-5-2-3-6-13(12)18/h2-3,5-6,8,10,14H,4,7,9,11H2,1H3,(H,19,23)/t14-/m1/s1. The molecule has 1 aromatic carbocycles. The summed E-state index contributed by atoms with van der Waals surface area (Å²) in [7, 11) is 1.81. The van der Waals surface area contributed by atoms with Gasteiger partial charge in [0.05, 0.1) is 6.42 Å². The van der Waals surface area contributed by atoms with Gasteiger partial charge in [0.15, 0.2) is 5.82 Å². The molecular weight excluding hydrogens is 328 g/mol. The summed E-state index contributed by atoms with van der Waals surface area (Å²) in [6, 6.07) is 8.49. The predicted molar refractivity (Wildman–Crippen MR) is 91.9 cm³/mol. The van der Waals surface area contributed by atoms with Gasteiger partial charge in [-0.2, -0.15) is 5.10 Å². The molecular formula is C17H19ClN4O2. The average Bonchev–Trinajstić information content (AvgIpc) is 2.98. The molecule has 2 heterocycles. The van der Waals surface area contributed by atoms with E-state index in [1.807, 2.05) is 18.2 Å². The number of rotatable bonds is 4. The second-order valence-electron chi connectivity index (χ2n) is 5.87. The highest BCUT2D eigenvalue weighted by atomic mass is 35.5. The second kappa shape index (κ2) is 7.05. The van der Waals surface area contributed by atoms with Gasteiger partial charge in [0.1, 0.15) is 6.04 Å². The van der Waals surface area contributed by atoms with Crippen LogP contribution in [0.5, 0.6) is 0 Å². The third-order valence-electron chi connectivity index (χ3n) is 4.06. The Balaban J connectivity index is 1.65. The Morgan fingerprint density at radius 1 is 1.38 bits per heavy atom. The Hall–Kier alpha value is -2.34. The molecule has 0 spiro atoms. The molecule has 0 bridgehead atoms. The number of aromatic nitrogens is 2. The van der Waals surface area contributed by atoms with Crippen molar-refractivity contribution in [3.8, 4) is 0 Å². The highest BCUT2D eigenvalue weighted by molar-refractivity contribution is 6.31. The van der Waals surface area contributed by atoms with E-state index in [9.17, 15) is 9.59 Å². The van der Waals surface area contributed by atoms with Gasteiger partial charge < -0.3 is 5.32 Å². The minimum absolute atomic E-state index is 0.118. The van der Waals surface area contributed by atoms with Gasteiger partial charge in [-0.3, -0.25) is 19.2 Å². The lowest BCUT2D eigenvalue weighted by Gasteiger charge is -2.31. The van der Waals surface area contributed by atoms with Gasteiger partial charge in [-0.05, 0) is 24.5 Å². The molecule has 1 aromatic heterocycles. The molecule has 6 nitrogen and oxygen atoms in total. The summed E-state index contributed by atoms with van der Waals surface area (Å²) in [6.45, 7) is 0.618. The average molecular weight is 347 g/mol. The first-order valence-corrected chi connectivity index (χ1v) is 8.26.